The first-order chi connectivity index (χ1) is 12.3. The molecular formula is C18H18O7S. The highest BCUT2D eigenvalue weighted by Gasteiger charge is 2.26. The lowest BCUT2D eigenvalue weighted by atomic mass is 10.1. The fourth-order valence-corrected chi connectivity index (χ4v) is 3.69. The standard InChI is InChI=1S/C18H18O7S/c1-11-3-5-14(20)8-18(11)26(21,22)24-10-15-9-23-17-7-13(12(2)19)4-6-16(17)25-15/h3-8,15,20H,9-10H2,1-2H3. The van der Waals surface area contributed by atoms with Crippen LogP contribution in [0.3, 0.4) is 0 Å². The van der Waals surface area contributed by atoms with Gasteiger partial charge in [-0.3, -0.25) is 8.98 Å². The molecule has 2 aromatic rings. The maximum atomic E-state index is 12.3. The first-order valence-electron chi connectivity index (χ1n) is 7.90. The minimum absolute atomic E-state index is 0.0862. The first kappa shape index (κ1) is 18.2. The van der Waals surface area contributed by atoms with Crippen LogP contribution >= 0.6 is 0 Å². The minimum Gasteiger partial charge on any atom is -0.508 e. The van der Waals surface area contributed by atoms with Crippen LogP contribution in [0.5, 0.6) is 17.2 Å². The Morgan fingerprint density at radius 2 is 2.00 bits per heavy atom. The smallest absolute Gasteiger partial charge is 0.297 e. The van der Waals surface area contributed by atoms with Gasteiger partial charge in [0.15, 0.2) is 23.4 Å². The molecule has 0 fully saturated rings. The second-order valence-corrected chi connectivity index (χ2v) is 7.54. The summed E-state index contributed by atoms with van der Waals surface area (Å²) in [5.74, 6) is 0.598. The van der Waals surface area contributed by atoms with Crippen molar-refractivity contribution in [3.8, 4) is 17.2 Å². The van der Waals surface area contributed by atoms with Gasteiger partial charge in [0.2, 0.25) is 0 Å². The molecule has 1 aliphatic heterocycles. The highest BCUT2D eigenvalue weighted by atomic mass is 32.2. The molecule has 7 nitrogen and oxygen atoms in total. The summed E-state index contributed by atoms with van der Waals surface area (Å²) in [5, 5.41) is 9.50. The molecule has 1 heterocycles. The molecule has 0 saturated carbocycles. The largest absolute Gasteiger partial charge is 0.508 e. The van der Waals surface area contributed by atoms with Crippen molar-refractivity contribution < 1.29 is 32.0 Å². The van der Waals surface area contributed by atoms with Crippen molar-refractivity contribution in [1.82, 2.24) is 0 Å². The quantitative estimate of drug-likeness (QED) is 0.630. The molecule has 0 radical (unpaired) electrons. The van der Waals surface area contributed by atoms with Gasteiger partial charge in [0.25, 0.3) is 10.1 Å². The van der Waals surface area contributed by atoms with Gasteiger partial charge in [-0.1, -0.05) is 6.07 Å². The number of benzene rings is 2. The average Bonchev–Trinajstić information content (AvgIpc) is 2.61. The molecule has 1 unspecified atom stereocenters. The summed E-state index contributed by atoms with van der Waals surface area (Å²) in [7, 11) is -4.05. The van der Waals surface area contributed by atoms with Gasteiger partial charge in [-0.2, -0.15) is 8.42 Å². The van der Waals surface area contributed by atoms with Gasteiger partial charge >= 0.3 is 0 Å². The number of carbonyl (C=O) groups is 1. The van der Waals surface area contributed by atoms with Crippen LogP contribution in [0, 0.1) is 6.92 Å². The van der Waals surface area contributed by atoms with Crippen molar-refractivity contribution in [2.45, 2.75) is 24.8 Å². The van der Waals surface area contributed by atoms with Crippen LogP contribution in [0.1, 0.15) is 22.8 Å². The molecule has 2 aromatic carbocycles. The summed E-state index contributed by atoms with van der Waals surface area (Å²) >= 11 is 0. The number of hydrogen-bond donors (Lipinski definition) is 1. The van der Waals surface area contributed by atoms with Crippen LogP contribution in [0.15, 0.2) is 41.3 Å². The number of phenols is 1. The summed E-state index contributed by atoms with van der Waals surface area (Å²) in [4.78, 5) is 11.3. The number of carbonyl (C=O) groups excluding carboxylic acids is 1. The van der Waals surface area contributed by atoms with Crippen LogP contribution < -0.4 is 9.47 Å². The van der Waals surface area contributed by atoms with E-state index in [0.717, 1.165) is 6.07 Å². The van der Waals surface area contributed by atoms with Crippen LogP contribution in [0.25, 0.3) is 0 Å². The molecule has 0 bridgehead atoms. The Hall–Kier alpha value is -2.58. The lowest BCUT2D eigenvalue weighted by molar-refractivity contribution is 0.0553. The Balaban J connectivity index is 1.69. The Morgan fingerprint density at radius 1 is 1.23 bits per heavy atom. The fraction of sp³-hybridized carbons (Fsp3) is 0.278. The van der Waals surface area contributed by atoms with E-state index in [1.807, 2.05) is 0 Å². The zero-order valence-corrected chi connectivity index (χ0v) is 15.1. The Morgan fingerprint density at radius 3 is 2.73 bits per heavy atom. The molecule has 26 heavy (non-hydrogen) atoms. The average molecular weight is 378 g/mol. The molecular weight excluding hydrogens is 360 g/mol. The minimum atomic E-state index is -4.05. The Labute approximate surface area is 151 Å². The van der Waals surface area contributed by atoms with Gasteiger partial charge < -0.3 is 14.6 Å². The van der Waals surface area contributed by atoms with Crippen LogP contribution in [0.4, 0.5) is 0 Å². The molecule has 0 spiro atoms. The SMILES string of the molecule is CC(=O)c1ccc2c(c1)OCC(COS(=O)(=O)c1cc(O)ccc1C)O2. The Kier molecular flexibility index (Phi) is 4.88. The van der Waals surface area contributed by atoms with Crippen molar-refractivity contribution in [2.75, 3.05) is 13.2 Å². The molecule has 0 saturated heterocycles. The summed E-state index contributed by atoms with van der Waals surface area (Å²) in [5.41, 5.74) is 0.967. The predicted molar refractivity (Wildman–Crippen MR) is 92.3 cm³/mol. The number of phenolic OH excluding ortho intramolecular Hbond substituents is 1. The zero-order valence-electron chi connectivity index (χ0n) is 14.3. The maximum absolute atomic E-state index is 12.3. The van der Waals surface area contributed by atoms with E-state index in [1.165, 1.54) is 19.1 Å². The number of aryl methyl sites for hydroxylation is 1. The third-order valence-electron chi connectivity index (χ3n) is 3.92. The number of ether oxygens (including phenoxy) is 2. The second-order valence-electron chi connectivity index (χ2n) is 5.96. The first-order valence-corrected chi connectivity index (χ1v) is 9.30. The van der Waals surface area contributed by atoms with Crippen LogP contribution in [-0.2, 0) is 14.3 Å². The molecule has 1 aliphatic rings. The van der Waals surface area contributed by atoms with Gasteiger partial charge in [0, 0.05) is 11.6 Å². The van der Waals surface area contributed by atoms with Crippen LogP contribution in [-0.4, -0.2) is 38.6 Å². The van der Waals surface area contributed by atoms with E-state index in [4.69, 9.17) is 13.7 Å². The van der Waals surface area contributed by atoms with E-state index in [1.54, 1.807) is 25.1 Å². The summed E-state index contributed by atoms with van der Waals surface area (Å²) in [6.45, 7) is 2.91. The maximum Gasteiger partial charge on any atom is 0.297 e. The monoisotopic (exact) mass is 378 g/mol. The molecule has 0 aromatic heterocycles. The van der Waals surface area contributed by atoms with Crippen molar-refractivity contribution in [1.29, 1.82) is 0 Å². The summed E-state index contributed by atoms with van der Waals surface area (Å²) < 4.78 is 41.0. The summed E-state index contributed by atoms with van der Waals surface area (Å²) in [6, 6.07) is 8.84. The molecule has 0 amide bonds. The molecule has 138 valence electrons. The van der Waals surface area contributed by atoms with Crippen molar-refractivity contribution in [3.05, 3.63) is 47.5 Å². The highest BCUT2D eigenvalue weighted by molar-refractivity contribution is 7.86. The summed E-state index contributed by atoms with van der Waals surface area (Å²) in [6.07, 6.45) is -0.627. The van der Waals surface area contributed by atoms with E-state index in [2.05, 4.69) is 0 Å². The zero-order chi connectivity index (χ0) is 18.9. The van der Waals surface area contributed by atoms with Gasteiger partial charge in [-0.15, -0.1) is 0 Å². The van der Waals surface area contributed by atoms with E-state index in [-0.39, 0.29) is 29.6 Å². The fourth-order valence-electron chi connectivity index (χ4n) is 2.50. The lowest BCUT2D eigenvalue weighted by Gasteiger charge is -2.26. The Bertz CT molecular complexity index is 950. The number of aromatic hydroxyl groups is 1. The molecule has 0 aliphatic carbocycles. The number of hydrogen-bond acceptors (Lipinski definition) is 7. The predicted octanol–water partition coefficient (Wildman–Crippen LogP) is 2.45. The van der Waals surface area contributed by atoms with E-state index in [0.29, 0.717) is 22.6 Å². The van der Waals surface area contributed by atoms with Gasteiger partial charge in [0.1, 0.15) is 23.9 Å². The molecule has 1 N–H and O–H groups in total. The van der Waals surface area contributed by atoms with Crippen molar-refractivity contribution in [2.24, 2.45) is 0 Å². The number of fused-ring (bicyclic) bond motifs is 1. The normalized spacial score (nSPS) is 16.3. The number of Topliss-reactive ketones (excluding diaryl/α,β-unsaturated/α-hetero) is 1. The van der Waals surface area contributed by atoms with E-state index >= 15 is 0 Å². The molecule has 8 heteroatoms. The lowest BCUT2D eigenvalue weighted by Crippen LogP contribution is -2.34. The second kappa shape index (κ2) is 6.97. The topological polar surface area (TPSA) is 99.1 Å². The van der Waals surface area contributed by atoms with Crippen molar-refractivity contribution in [3.63, 3.8) is 0 Å². The third-order valence-corrected chi connectivity index (χ3v) is 5.34. The molecule has 1 atom stereocenters. The van der Waals surface area contributed by atoms with Crippen molar-refractivity contribution >= 4 is 15.9 Å². The van der Waals surface area contributed by atoms with Crippen LogP contribution in [0.2, 0.25) is 0 Å². The number of ketones is 1. The van der Waals surface area contributed by atoms with Gasteiger partial charge in [0.05, 0.1) is 0 Å². The van der Waals surface area contributed by atoms with E-state index < -0.39 is 16.2 Å². The third kappa shape index (κ3) is 3.81. The van der Waals surface area contributed by atoms with E-state index in [9.17, 15) is 18.3 Å². The molecule has 3 rings (SSSR count). The highest BCUT2D eigenvalue weighted by Crippen LogP contribution is 2.33. The number of rotatable bonds is 5. The van der Waals surface area contributed by atoms with Gasteiger partial charge in [-0.05, 0) is 43.7 Å². The van der Waals surface area contributed by atoms with Gasteiger partial charge in [-0.25, -0.2) is 0 Å².